The van der Waals surface area contributed by atoms with Gasteiger partial charge in [0, 0.05) is 6.54 Å². The van der Waals surface area contributed by atoms with Crippen molar-refractivity contribution in [2.45, 2.75) is 23.9 Å². The summed E-state index contributed by atoms with van der Waals surface area (Å²) in [4.78, 5) is 14.6. The molecule has 1 aliphatic rings. The first-order valence-corrected chi connectivity index (χ1v) is 8.81. The smallest absolute Gasteiger partial charge is 0.329 e. The summed E-state index contributed by atoms with van der Waals surface area (Å²) in [5, 5.41) is 17.4. The van der Waals surface area contributed by atoms with Crippen LogP contribution in [0.4, 0.5) is 9.93 Å². The number of hydrogen-bond acceptors (Lipinski definition) is 7. The summed E-state index contributed by atoms with van der Waals surface area (Å²) < 4.78 is 23.7. The van der Waals surface area contributed by atoms with E-state index >= 15 is 0 Å². The Kier molecular flexibility index (Phi) is 4.59. The fourth-order valence-electron chi connectivity index (χ4n) is 1.94. The minimum Gasteiger partial charge on any atom is -0.371 e. The van der Waals surface area contributed by atoms with Crippen LogP contribution in [-0.2, 0) is 9.84 Å². The Bertz CT molecular complexity index is 642. The lowest BCUT2D eigenvalue weighted by Crippen LogP contribution is -2.34. The van der Waals surface area contributed by atoms with E-state index < -0.39 is 22.1 Å². The van der Waals surface area contributed by atoms with Crippen LogP contribution in [0.25, 0.3) is 0 Å². The van der Waals surface area contributed by atoms with Crippen LogP contribution >= 0.6 is 11.3 Å². The van der Waals surface area contributed by atoms with Gasteiger partial charge in [-0.3, -0.25) is 0 Å². The van der Waals surface area contributed by atoms with Crippen LogP contribution in [0, 0.1) is 0 Å². The molecule has 1 unspecified atom stereocenters. The Hall–Kier alpha value is -1.52. The van der Waals surface area contributed by atoms with Gasteiger partial charge >= 0.3 is 6.03 Å². The summed E-state index contributed by atoms with van der Waals surface area (Å²) in [6.07, 6.45) is 0.938. The van der Waals surface area contributed by atoms with Crippen molar-refractivity contribution in [2.75, 3.05) is 23.7 Å². The Labute approximate surface area is 126 Å². The summed E-state index contributed by atoms with van der Waals surface area (Å²) in [5.41, 5.74) is 0. The van der Waals surface area contributed by atoms with Crippen molar-refractivity contribution < 1.29 is 18.3 Å². The first-order valence-electron chi connectivity index (χ1n) is 6.34. The number of aliphatic hydroxyl groups is 1. The second kappa shape index (κ2) is 6.08. The van der Waals surface area contributed by atoms with Crippen molar-refractivity contribution in [3.8, 4) is 0 Å². The first-order chi connectivity index (χ1) is 9.90. The number of carbonyl (C=O) groups excluding carboxylic acids is 1. The highest BCUT2D eigenvalue weighted by Crippen LogP contribution is 2.29. The van der Waals surface area contributed by atoms with Crippen LogP contribution in [0.1, 0.15) is 13.3 Å². The molecule has 1 saturated heterocycles. The van der Waals surface area contributed by atoms with Crippen molar-refractivity contribution in [3.05, 3.63) is 12.7 Å². The average molecular weight is 332 g/mol. The largest absolute Gasteiger partial charge is 0.371 e. The molecule has 1 N–H and O–H groups in total. The second-order valence-electron chi connectivity index (χ2n) is 4.50. The van der Waals surface area contributed by atoms with Gasteiger partial charge in [0.2, 0.25) is 19.3 Å². The topological polar surface area (TPSA) is 104 Å². The lowest BCUT2D eigenvalue weighted by Gasteiger charge is -2.15. The maximum Gasteiger partial charge on any atom is 0.329 e. The molecule has 0 aromatic carbocycles. The maximum absolute atomic E-state index is 12.1. The predicted octanol–water partition coefficient (Wildman–Crippen LogP) is 0.468. The van der Waals surface area contributed by atoms with Crippen molar-refractivity contribution in [3.63, 3.8) is 0 Å². The maximum atomic E-state index is 12.1. The number of carbonyl (C=O) groups is 1. The molecule has 0 spiro atoms. The van der Waals surface area contributed by atoms with Gasteiger partial charge in [-0.25, -0.2) is 18.1 Å². The molecule has 0 aliphatic carbocycles. The number of β-amino-alcohol motifs (C(OH)–C–C–N with tert-alkyl or cyclic N) is 1. The SMILES string of the molecule is C=CCN1CC(O)N(c2nnc(S(=O)(=O)CCC)s2)C1=O. The van der Waals surface area contributed by atoms with Gasteiger partial charge in [-0.05, 0) is 6.42 Å². The lowest BCUT2D eigenvalue weighted by molar-refractivity contribution is 0.180. The molecule has 10 heteroatoms. The van der Waals surface area contributed by atoms with E-state index in [9.17, 15) is 18.3 Å². The molecule has 0 radical (unpaired) electrons. The fourth-order valence-corrected chi connectivity index (χ4v) is 4.41. The van der Waals surface area contributed by atoms with E-state index in [0.717, 1.165) is 16.2 Å². The van der Waals surface area contributed by atoms with Gasteiger partial charge in [0.1, 0.15) is 0 Å². The fraction of sp³-hybridized carbons (Fsp3) is 0.545. The van der Waals surface area contributed by atoms with Gasteiger partial charge in [0.15, 0.2) is 6.23 Å². The summed E-state index contributed by atoms with van der Waals surface area (Å²) >= 11 is 0.787. The Balaban J connectivity index is 2.26. The first kappa shape index (κ1) is 15.9. The molecular weight excluding hydrogens is 316 g/mol. The number of anilines is 1. The Morgan fingerprint density at radius 1 is 1.52 bits per heavy atom. The Morgan fingerprint density at radius 3 is 2.86 bits per heavy atom. The number of aromatic nitrogens is 2. The quantitative estimate of drug-likeness (QED) is 0.600. The molecule has 1 aliphatic heterocycles. The van der Waals surface area contributed by atoms with Crippen LogP contribution in [-0.4, -0.2) is 59.7 Å². The van der Waals surface area contributed by atoms with Crippen LogP contribution in [0.3, 0.4) is 0 Å². The highest BCUT2D eigenvalue weighted by Gasteiger charge is 2.39. The van der Waals surface area contributed by atoms with E-state index in [-0.39, 0.29) is 21.8 Å². The number of sulfone groups is 1. The molecule has 116 valence electrons. The minimum atomic E-state index is -3.48. The molecule has 21 heavy (non-hydrogen) atoms. The number of urea groups is 1. The lowest BCUT2D eigenvalue weighted by atomic mass is 10.5. The number of amides is 2. The monoisotopic (exact) mass is 332 g/mol. The highest BCUT2D eigenvalue weighted by atomic mass is 32.2. The van der Waals surface area contributed by atoms with Crippen molar-refractivity contribution in [1.29, 1.82) is 0 Å². The number of nitrogens with zero attached hydrogens (tertiary/aromatic N) is 4. The molecule has 2 heterocycles. The second-order valence-corrected chi connectivity index (χ2v) is 7.74. The van der Waals surface area contributed by atoms with E-state index in [4.69, 9.17) is 0 Å². The zero-order valence-electron chi connectivity index (χ0n) is 11.5. The van der Waals surface area contributed by atoms with Gasteiger partial charge < -0.3 is 10.0 Å². The third-order valence-electron chi connectivity index (χ3n) is 2.85. The molecule has 1 aromatic rings. The average Bonchev–Trinajstić information content (AvgIpc) is 2.97. The summed E-state index contributed by atoms with van der Waals surface area (Å²) in [7, 11) is -3.48. The predicted molar refractivity (Wildman–Crippen MR) is 77.9 cm³/mol. The van der Waals surface area contributed by atoms with E-state index in [1.807, 2.05) is 0 Å². The van der Waals surface area contributed by atoms with Crippen LogP contribution in [0.15, 0.2) is 17.0 Å². The van der Waals surface area contributed by atoms with Crippen molar-refractivity contribution >= 4 is 32.3 Å². The molecule has 2 amide bonds. The summed E-state index contributed by atoms with van der Waals surface area (Å²) in [6, 6.07) is -0.446. The van der Waals surface area contributed by atoms with Crippen LogP contribution in [0.5, 0.6) is 0 Å². The molecule has 0 saturated carbocycles. The number of rotatable bonds is 6. The molecule has 8 nitrogen and oxygen atoms in total. The standard InChI is InChI=1S/C11H16N4O4S2/c1-3-5-14-7-8(16)15(11(14)17)9-12-13-10(20-9)21(18,19)6-4-2/h3,8,16H,1,4-7H2,2H3. The molecule has 2 rings (SSSR count). The molecule has 0 bridgehead atoms. The van der Waals surface area contributed by atoms with Crippen molar-refractivity contribution in [2.24, 2.45) is 0 Å². The van der Waals surface area contributed by atoms with Crippen molar-refractivity contribution in [1.82, 2.24) is 15.1 Å². The van der Waals surface area contributed by atoms with Crippen LogP contribution in [0.2, 0.25) is 0 Å². The third kappa shape index (κ3) is 3.06. The summed E-state index contributed by atoms with van der Waals surface area (Å²) in [5.74, 6) is -0.0271. The van der Waals surface area contributed by atoms with E-state index in [2.05, 4.69) is 16.8 Å². The molecule has 1 atom stereocenters. The van der Waals surface area contributed by atoms with Crippen LogP contribution < -0.4 is 4.90 Å². The van der Waals surface area contributed by atoms with E-state index in [0.29, 0.717) is 13.0 Å². The third-order valence-corrected chi connectivity index (χ3v) is 6.14. The number of hydrogen-bond donors (Lipinski definition) is 1. The zero-order chi connectivity index (χ0) is 15.6. The number of aliphatic hydroxyl groups excluding tert-OH is 1. The minimum absolute atomic E-state index is 0.0271. The molecule has 1 aromatic heterocycles. The molecular formula is C11H16N4O4S2. The summed E-state index contributed by atoms with van der Waals surface area (Å²) in [6.45, 7) is 5.70. The molecule has 1 fully saturated rings. The van der Waals surface area contributed by atoms with Gasteiger partial charge in [0.05, 0.1) is 12.3 Å². The van der Waals surface area contributed by atoms with E-state index in [1.54, 1.807) is 13.0 Å². The van der Waals surface area contributed by atoms with Gasteiger partial charge in [-0.15, -0.1) is 16.8 Å². The zero-order valence-corrected chi connectivity index (χ0v) is 13.1. The highest BCUT2D eigenvalue weighted by molar-refractivity contribution is 7.93. The van der Waals surface area contributed by atoms with Gasteiger partial charge in [-0.1, -0.05) is 24.3 Å². The Morgan fingerprint density at radius 2 is 2.24 bits per heavy atom. The van der Waals surface area contributed by atoms with Gasteiger partial charge in [-0.2, -0.15) is 0 Å². The van der Waals surface area contributed by atoms with Gasteiger partial charge in [0.25, 0.3) is 0 Å². The van der Waals surface area contributed by atoms with E-state index in [1.165, 1.54) is 4.90 Å². The normalized spacial score (nSPS) is 19.3.